The second-order valence-electron chi connectivity index (χ2n) is 7.26. The molecule has 3 aromatic rings. The number of nitrogens with zero attached hydrogens (tertiary/aromatic N) is 3. The molecule has 0 bridgehead atoms. The molecule has 8 nitrogen and oxygen atoms in total. The summed E-state index contributed by atoms with van der Waals surface area (Å²) >= 11 is 0. The fourth-order valence-corrected chi connectivity index (χ4v) is 4.06. The van der Waals surface area contributed by atoms with Crippen molar-refractivity contribution in [1.29, 1.82) is 0 Å². The molecule has 0 saturated carbocycles. The van der Waals surface area contributed by atoms with Gasteiger partial charge >= 0.3 is 0 Å². The highest BCUT2D eigenvalue weighted by molar-refractivity contribution is 5.93. The van der Waals surface area contributed by atoms with Gasteiger partial charge in [0, 0.05) is 30.2 Å². The van der Waals surface area contributed by atoms with E-state index in [1.807, 2.05) is 24.8 Å². The van der Waals surface area contributed by atoms with E-state index in [1.165, 1.54) is 0 Å². The number of hydrogen-bond acceptors (Lipinski definition) is 7. The molecule has 3 heterocycles. The van der Waals surface area contributed by atoms with Gasteiger partial charge in [-0.05, 0) is 38.0 Å². The fraction of sp³-hybridized carbons (Fsp3) is 0.409. The maximum absolute atomic E-state index is 13.2. The monoisotopic (exact) mass is 411 g/mol. The minimum absolute atomic E-state index is 0.0556. The van der Waals surface area contributed by atoms with E-state index in [4.69, 9.17) is 18.5 Å². The number of carbonyl (C=O) groups excluding carboxylic acids is 1. The Bertz CT molecular complexity index is 1050. The zero-order valence-electron chi connectivity index (χ0n) is 17.6. The molecule has 1 saturated heterocycles. The van der Waals surface area contributed by atoms with Gasteiger partial charge in [0.25, 0.3) is 5.91 Å². The van der Waals surface area contributed by atoms with Crippen molar-refractivity contribution in [2.45, 2.75) is 39.2 Å². The van der Waals surface area contributed by atoms with E-state index in [0.717, 1.165) is 41.8 Å². The van der Waals surface area contributed by atoms with E-state index in [1.54, 1.807) is 32.4 Å². The number of amides is 1. The molecule has 1 aliphatic rings. The maximum atomic E-state index is 13.2. The zero-order chi connectivity index (χ0) is 21.3. The molecule has 8 heteroatoms. The fourth-order valence-electron chi connectivity index (χ4n) is 4.06. The lowest BCUT2D eigenvalue weighted by atomic mass is 10.0. The third-order valence-corrected chi connectivity index (χ3v) is 5.55. The normalized spacial score (nSPS) is 16.1. The van der Waals surface area contributed by atoms with Crippen molar-refractivity contribution in [2.75, 3.05) is 20.8 Å². The number of hydrogen-bond donors (Lipinski definition) is 0. The van der Waals surface area contributed by atoms with Gasteiger partial charge in [-0.25, -0.2) is 0 Å². The van der Waals surface area contributed by atoms with Crippen molar-refractivity contribution >= 4 is 5.91 Å². The van der Waals surface area contributed by atoms with E-state index in [2.05, 4.69) is 10.3 Å². The Morgan fingerprint density at radius 3 is 2.70 bits per heavy atom. The summed E-state index contributed by atoms with van der Waals surface area (Å²) in [5, 5.41) is 8.14. The van der Waals surface area contributed by atoms with Crippen LogP contribution in [0.5, 0.6) is 11.5 Å². The predicted molar refractivity (Wildman–Crippen MR) is 109 cm³/mol. The largest absolute Gasteiger partial charge is 0.493 e. The van der Waals surface area contributed by atoms with Crippen LogP contribution < -0.4 is 9.47 Å². The molecule has 2 aromatic heterocycles. The first-order valence-corrected chi connectivity index (χ1v) is 10.0. The highest BCUT2D eigenvalue weighted by atomic mass is 16.5. The Hall–Kier alpha value is -3.29. The smallest absolute Gasteiger partial charge is 0.276 e. The van der Waals surface area contributed by atoms with Crippen molar-refractivity contribution in [3.8, 4) is 22.8 Å². The molecular formula is C22H25N3O5. The van der Waals surface area contributed by atoms with Crippen LogP contribution in [0.4, 0.5) is 0 Å². The molecule has 1 atom stereocenters. The molecule has 1 aromatic carbocycles. The van der Waals surface area contributed by atoms with Crippen LogP contribution in [0.25, 0.3) is 11.3 Å². The van der Waals surface area contributed by atoms with Crippen molar-refractivity contribution in [2.24, 2.45) is 0 Å². The number of aromatic nitrogens is 2. The molecular weight excluding hydrogens is 386 g/mol. The standard InChI is InChI=1S/C22H25N3O5/c1-5-17-21(13(2)23-29-17)16-7-6-10-25(16)22(26)15-12-19(30-24-15)14-8-9-18(27-3)20(11-14)28-4/h8-9,11-12,16H,5-7,10H2,1-4H3/t16-/m1/s1. The maximum Gasteiger partial charge on any atom is 0.276 e. The number of benzene rings is 1. The molecule has 0 radical (unpaired) electrons. The minimum Gasteiger partial charge on any atom is -0.493 e. The Kier molecular flexibility index (Phi) is 5.48. The van der Waals surface area contributed by atoms with Crippen molar-refractivity contribution in [1.82, 2.24) is 15.2 Å². The van der Waals surface area contributed by atoms with Gasteiger partial charge in [0.2, 0.25) is 0 Å². The van der Waals surface area contributed by atoms with Gasteiger partial charge in [-0.2, -0.15) is 0 Å². The first-order valence-electron chi connectivity index (χ1n) is 10.0. The van der Waals surface area contributed by atoms with Crippen LogP contribution >= 0.6 is 0 Å². The van der Waals surface area contributed by atoms with Crippen LogP contribution in [0, 0.1) is 6.92 Å². The first-order chi connectivity index (χ1) is 14.6. The number of likely N-dealkylation sites (tertiary alicyclic amines) is 1. The summed E-state index contributed by atoms with van der Waals surface area (Å²) in [6, 6.07) is 7.03. The molecule has 30 heavy (non-hydrogen) atoms. The lowest BCUT2D eigenvalue weighted by molar-refractivity contribution is 0.0724. The van der Waals surface area contributed by atoms with Crippen LogP contribution in [0.1, 0.15) is 53.3 Å². The number of methoxy groups -OCH3 is 2. The third kappa shape index (κ3) is 3.42. The topological polar surface area (TPSA) is 90.8 Å². The molecule has 0 N–H and O–H groups in total. The molecule has 0 unspecified atom stereocenters. The Balaban J connectivity index is 1.60. The summed E-state index contributed by atoms with van der Waals surface area (Å²) in [4.78, 5) is 15.1. The Labute approximate surface area is 174 Å². The number of ether oxygens (including phenoxy) is 2. The Morgan fingerprint density at radius 2 is 1.97 bits per heavy atom. The summed E-state index contributed by atoms with van der Waals surface area (Å²) in [5.74, 6) is 2.37. The molecule has 0 aliphatic carbocycles. The second-order valence-corrected chi connectivity index (χ2v) is 7.26. The van der Waals surface area contributed by atoms with E-state index >= 15 is 0 Å². The summed E-state index contributed by atoms with van der Waals surface area (Å²) < 4.78 is 21.5. The molecule has 4 rings (SSSR count). The summed E-state index contributed by atoms with van der Waals surface area (Å²) in [7, 11) is 3.15. The highest BCUT2D eigenvalue weighted by Gasteiger charge is 2.36. The van der Waals surface area contributed by atoms with E-state index in [9.17, 15) is 4.79 Å². The van der Waals surface area contributed by atoms with E-state index in [0.29, 0.717) is 23.8 Å². The molecule has 1 aliphatic heterocycles. The van der Waals surface area contributed by atoms with Crippen LogP contribution in [0.15, 0.2) is 33.3 Å². The zero-order valence-corrected chi connectivity index (χ0v) is 17.6. The van der Waals surface area contributed by atoms with Crippen LogP contribution in [0.3, 0.4) is 0 Å². The molecule has 158 valence electrons. The van der Waals surface area contributed by atoms with Gasteiger partial charge in [-0.1, -0.05) is 17.2 Å². The molecule has 0 spiro atoms. The average Bonchev–Trinajstić information content (AvgIpc) is 3.51. The third-order valence-electron chi connectivity index (χ3n) is 5.55. The van der Waals surface area contributed by atoms with Gasteiger partial charge in [0.05, 0.1) is 26.0 Å². The predicted octanol–water partition coefficient (Wildman–Crippen LogP) is 4.19. The van der Waals surface area contributed by atoms with E-state index in [-0.39, 0.29) is 17.6 Å². The van der Waals surface area contributed by atoms with Crippen molar-refractivity contribution < 1.29 is 23.3 Å². The number of rotatable bonds is 6. The van der Waals surface area contributed by atoms with Gasteiger partial charge < -0.3 is 23.4 Å². The Morgan fingerprint density at radius 1 is 1.17 bits per heavy atom. The summed E-state index contributed by atoms with van der Waals surface area (Å²) in [5.41, 5.74) is 2.88. The molecule has 1 fully saturated rings. The van der Waals surface area contributed by atoms with Crippen molar-refractivity contribution in [3.63, 3.8) is 0 Å². The van der Waals surface area contributed by atoms with Gasteiger partial charge in [0.15, 0.2) is 23.0 Å². The lowest BCUT2D eigenvalue weighted by Gasteiger charge is -2.24. The number of aryl methyl sites for hydroxylation is 2. The SMILES string of the molecule is CCc1onc(C)c1[C@H]1CCCN1C(=O)c1cc(-c2ccc(OC)c(OC)c2)on1. The quantitative estimate of drug-likeness (QED) is 0.600. The molecule has 1 amide bonds. The lowest BCUT2D eigenvalue weighted by Crippen LogP contribution is -2.31. The van der Waals surface area contributed by atoms with Crippen LogP contribution in [-0.2, 0) is 6.42 Å². The van der Waals surface area contributed by atoms with Gasteiger partial charge in [0.1, 0.15) is 5.76 Å². The minimum atomic E-state index is -0.157. The van der Waals surface area contributed by atoms with Gasteiger partial charge in [-0.15, -0.1) is 0 Å². The van der Waals surface area contributed by atoms with Gasteiger partial charge in [-0.3, -0.25) is 4.79 Å². The van der Waals surface area contributed by atoms with Crippen molar-refractivity contribution in [3.05, 3.63) is 47.0 Å². The average molecular weight is 411 g/mol. The summed E-state index contributed by atoms with van der Waals surface area (Å²) in [6.45, 7) is 4.61. The van der Waals surface area contributed by atoms with Crippen LogP contribution in [0.2, 0.25) is 0 Å². The number of carbonyl (C=O) groups is 1. The van der Waals surface area contributed by atoms with E-state index < -0.39 is 0 Å². The summed E-state index contributed by atoms with van der Waals surface area (Å²) in [6.07, 6.45) is 2.54. The second kappa shape index (κ2) is 8.22. The van der Waals surface area contributed by atoms with Crippen LogP contribution in [-0.4, -0.2) is 41.9 Å². The highest BCUT2D eigenvalue weighted by Crippen LogP contribution is 2.37. The first kappa shape index (κ1) is 20.0.